The molecule has 0 fully saturated rings. The van der Waals surface area contributed by atoms with Gasteiger partial charge in [0.1, 0.15) is 4.88 Å². The van der Waals surface area contributed by atoms with Crippen LogP contribution in [0.3, 0.4) is 0 Å². The zero-order valence-corrected chi connectivity index (χ0v) is 17.5. The van der Waals surface area contributed by atoms with Gasteiger partial charge in [-0.1, -0.05) is 47.5 Å². The van der Waals surface area contributed by atoms with Gasteiger partial charge in [0.05, 0.1) is 24.2 Å². The van der Waals surface area contributed by atoms with Crippen molar-refractivity contribution in [2.45, 2.75) is 25.3 Å². The van der Waals surface area contributed by atoms with E-state index >= 15 is 0 Å². The summed E-state index contributed by atoms with van der Waals surface area (Å²) >= 11 is 1.16. The van der Waals surface area contributed by atoms with Gasteiger partial charge >= 0.3 is 5.97 Å². The lowest BCUT2D eigenvalue weighted by molar-refractivity contribution is 0.0607. The summed E-state index contributed by atoms with van der Waals surface area (Å²) < 4.78 is 33.0. The number of ether oxygens (including phenoxy) is 1. The Balaban J connectivity index is 2.11. The number of sulfonamides is 1. The van der Waals surface area contributed by atoms with Gasteiger partial charge in [-0.25, -0.2) is 13.2 Å². The molecule has 1 heterocycles. The topological polar surface area (TPSA) is 63.7 Å². The van der Waals surface area contributed by atoms with Crippen LogP contribution in [0.15, 0.2) is 64.9 Å². The van der Waals surface area contributed by atoms with Crippen LogP contribution < -0.4 is 4.31 Å². The number of rotatable bonds is 6. The monoisotopic (exact) mass is 415 g/mol. The van der Waals surface area contributed by atoms with E-state index in [-0.39, 0.29) is 16.3 Å². The standard InChI is InChI=1S/C21H21NO4S2/c1-15-4-8-17(9-5-15)14-22(19-12-13-27-20(19)21(23)26-3)28(24,25)18-10-6-16(2)7-11-18/h4-13H,14H2,1-3H3. The molecule has 2 aromatic carbocycles. The van der Waals surface area contributed by atoms with Gasteiger partial charge in [0.25, 0.3) is 10.0 Å². The van der Waals surface area contributed by atoms with Crippen LogP contribution in [-0.4, -0.2) is 21.5 Å². The molecule has 7 heteroatoms. The van der Waals surface area contributed by atoms with Crippen LogP contribution in [0.5, 0.6) is 0 Å². The number of anilines is 1. The Bertz CT molecular complexity index is 1070. The van der Waals surface area contributed by atoms with Crippen LogP contribution in [0.2, 0.25) is 0 Å². The summed E-state index contributed by atoms with van der Waals surface area (Å²) in [6.07, 6.45) is 0. The summed E-state index contributed by atoms with van der Waals surface area (Å²) in [7, 11) is -2.60. The molecule has 0 spiro atoms. The Kier molecular flexibility index (Phi) is 5.86. The lowest BCUT2D eigenvalue weighted by Gasteiger charge is -2.25. The molecule has 0 aliphatic rings. The summed E-state index contributed by atoms with van der Waals surface area (Å²) in [5.74, 6) is -0.557. The molecule has 0 N–H and O–H groups in total. The van der Waals surface area contributed by atoms with Gasteiger partial charge in [-0.15, -0.1) is 11.3 Å². The second kappa shape index (κ2) is 8.16. The van der Waals surface area contributed by atoms with E-state index in [1.54, 1.807) is 35.7 Å². The molecule has 0 unspecified atom stereocenters. The summed E-state index contributed by atoms with van der Waals surface area (Å²) in [6.45, 7) is 3.98. The number of hydrogen-bond acceptors (Lipinski definition) is 5. The van der Waals surface area contributed by atoms with E-state index in [2.05, 4.69) is 0 Å². The molecule has 5 nitrogen and oxygen atoms in total. The number of nitrogens with zero attached hydrogens (tertiary/aromatic N) is 1. The highest BCUT2D eigenvalue weighted by atomic mass is 32.2. The van der Waals surface area contributed by atoms with Crippen molar-refractivity contribution in [3.63, 3.8) is 0 Å². The molecule has 0 saturated heterocycles. The zero-order chi connectivity index (χ0) is 20.3. The first-order valence-electron chi connectivity index (χ1n) is 8.63. The summed E-state index contributed by atoms with van der Waals surface area (Å²) in [6, 6.07) is 15.9. The lowest BCUT2D eigenvalue weighted by Crippen LogP contribution is -2.31. The minimum absolute atomic E-state index is 0.108. The highest BCUT2D eigenvalue weighted by Gasteiger charge is 2.29. The minimum atomic E-state index is -3.88. The third-order valence-corrected chi connectivity index (χ3v) is 7.00. The average molecular weight is 416 g/mol. The first kappa shape index (κ1) is 20.1. The summed E-state index contributed by atoms with van der Waals surface area (Å²) in [5, 5.41) is 1.69. The Morgan fingerprint density at radius 3 is 2.11 bits per heavy atom. The fourth-order valence-corrected chi connectivity index (χ4v) is 5.07. The van der Waals surface area contributed by atoms with Crippen molar-refractivity contribution in [2.24, 2.45) is 0 Å². The second-order valence-corrected chi connectivity index (χ2v) is 9.22. The normalized spacial score (nSPS) is 11.2. The van der Waals surface area contributed by atoms with Gasteiger partial charge in [0, 0.05) is 0 Å². The molecule has 0 atom stereocenters. The number of esters is 1. The van der Waals surface area contributed by atoms with E-state index in [0.717, 1.165) is 28.0 Å². The Morgan fingerprint density at radius 1 is 0.964 bits per heavy atom. The second-order valence-electron chi connectivity index (χ2n) is 6.44. The Hall–Kier alpha value is -2.64. The zero-order valence-electron chi connectivity index (χ0n) is 15.9. The number of benzene rings is 2. The van der Waals surface area contributed by atoms with Crippen LogP contribution in [0.1, 0.15) is 26.4 Å². The number of thiophene rings is 1. The quantitative estimate of drug-likeness (QED) is 0.554. The smallest absolute Gasteiger partial charge is 0.350 e. The third-order valence-electron chi connectivity index (χ3n) is 4.34. The predicted octanol–water partition coefficient (Wildman–Crippen LogP) is 4.55. The third kappa shape index (κ3) is 4.10. The Morgan fingerprint density at radius 2 is 1.54 bits per heavy atom. The van der Waals surface area contributed by atoms with Gasteiger partial charge < -0.3 is 4.74 Å². The molecular formula is C21H21NO4S2. The molecule has 1 aromatic heterocycles. The van der Waals surface area contributed by atoms with Gasteiger partial charge in [-0.2, -0.15) is 0 Å². The summed E-state index contributed by atoms with van der Waals surface area (Å²) in [5.41, 5.74) is 3.19. The van der Waals surface area contributed by atoms with Crippen LogP contribution >= 0.6 is 11.3 Å². The first-order chi connectivity index (χ1) is 13.3. The van der Waals surface area contributed by atoms with E-state index in [1.807, 2.05) is 38.1 Å². The van der Waals surface area contributed by atoms with Gasteiger partial charge in [-0.05, 0) is 43.0 Å². The molecule has 0 bridgehead atoms. The molecule has 146 valence electrons. The predicted molar refractivity (Wildman–Crippen MR) is 111 cm³/mol. The molecule has 0 aliphatic heterocycles. The van der Waals surface area contributed by atoms with Crippen LogP contribution in [0, 0.1) is 13.8 Å². The number of carbonyl (C=O) groups excluding carboxylic acids is 1. The maximum atomic E-state index is 13.5. The molecule has 0 aliphatic carbocycles. The van der Waals surface area contributed by atoms with Gasteiger partial charge in [0.15, 0.2) is 0 Å². The van der Waals surface area contributed by atoms with Crippen LogP contribution in [-0.2, 0) is 21.3 Å². The maximum absolute atomic E-state index is 13.5. The lowest BCUT2D eigenvalue weighted by atomic mass is 10.1. The molecule has 3 aromatic rings. The van der Waals surface area contributed by atoms with Crippen molar-refractivity contribution in [1.82, 2.24) is 0 Å². The van der Waals surface area contributed by atoms with Gasteiger partial charge in [-0.3, -0.25) is 4.31 Å². The molecule has 3 rings (SSSR count). The van der Waals surface area contributed by atoms with Gasteiger partial charge in [0.2, 0.25) is 0 Å². The van der Waals surface area contributed by atoms with E-state index in [0.29, 0.717) is 5.69 Å². The number of aryl methyl sites for hydroxylation is 2. The molecule has 28 heavy (non-hydrogen) atoms. The van der Waals surface area contributed by atoms with E-state index in [9.17, 15) is 13.2 Å². The van der Waals surface area contributed by atoms with Crippen molar-refractivity contribution in [1.29, 1.82) is 0 Å². The molecule has 0 saturated carbocycles. The fraction of sp³-hybridized carbons (Fsp3) is 0.190. The number of methoxy groups -OCH3 is 1. The van der Waals surface area contributed by atoms with Crippen LogP contribution in [0.4, 0.5) is 5.69 Å². The van der Waals surface area contributed by atoms with E-state index < -0.39 is 16.0 Å². The molecule has 0 radical (unpaired) electrons. The number of carbonyl (C=O) groups is 1. The highest BCUT2D eigenvalue weighted by Crippen LogP contribution is 2.33. The van der Waals surface area contributed by atoms with E-state index in [1.165, 1.54) is 11.4 Å². The minimum Gasteiger partial charge on any atom is -0.465 e. The maximum Gasteiger partial charge on any atom is 0.350 e. The number of hydrogen-bond donors (Lipinski definition) is 0. The fourth-order valence-electron chi connectivity index (χ4n) is 2.74. The van der Waals surface area contributed by atoms with Crippen molar-refractivity contribution >= 4 is 33.0 Å². The largest absolute Gasteiger partial charge is 0.465 e. The van der Waals surface area contributed by atoms with Crippen molar-refractivity contribution in [3.8, 4) is 0 Å². The van der Waals surface area contributed by atoms with Crippen molar-refractivity contribution in [2.75, 3.05) is 11.4 Å². The summed E-state index contributed by atoms with van der Waals surface area (Å²) in [4.78, 5) is 12.6. The van der Waals surface area contributed by atoms with E-state index in [4.69, 9.17) is 4.74 Å². The SMILES string of the molecule is COC(=O)c1sccc1N(Cc1ccc(C)cc1)S(=O)(=O)c1ccc(C)cc1. The Labute approximate surface area is 169 Å². The molecular weight excluding hydrogens is 394 g/mol. The average Bonchev–Trinajstić information content (AvgIpc) is 3.16. The van der Waals surface area contributed by atoms with Crippen LogP contribution in [0.25, 0.3) is 0 Å². The van der Waals surface area contributed by atoms with Crippen molar-refractivity contribution < 1.29 is 17.9 Å². The van der Waals surface area contributed by atoms with Crippen molar-refractivity contribution in [3.05, 3.63) is 81.5 Å². The highest BCUT2D eigenvalue weighted by molar-refractivity contribution is 7.92. The molecule has 0 amide bonds. The first-order valence-corrected chi connectivity index (χ1v) is 11.0.